The monoisotopic (exact) mass is 269 g/mol. The molecule has 0 spiro atoms. The standard InChI is InChI=1S/C15H15N3O2/c1-3-11-13-14(19-10-8-6-5-7-9-10)16-12(4-2)17-15(13)20-18-11/h5-9H,3-4H2,1-2H3. The SMILES string of the molecule is CCc1nc(Oc2ccccc2)c2c(CC)noc2n1. The van der Waals surface area contributed by atoms with E-state index in [0.29, 0.717) is 23.8 Å². The van der Waals surface area contributed by atoms with Gasteiger partial charge in [-0.15, -0.1) is 0 Å². The van der Waals surface area contributed by atoms with Crippen LogP contribution in [0.25, 0.3) is 11.1 Å². The molecule has 0 aliphatic heterocycles. The second-order valence-electron chi connectivity index (χ2n) is 4.38. The van der Waals surface area contributed by atoms with Crippen molar-refractivity contribution in [2.75, 3.05) is 0 Å². The molecule has 1 aromatic carbocycles. The van der Waals surface area contributed by atoms with Crippen molar-refractivity contribution in [2.45, 2.75) is 26.7 Å². The molecular formula is C15H15N3O2. The summed E-state index contributed by atoms with van der Waals surface area (Å²) in [7, 11) is 0. The second kappa shape index (κ2) is 5.28. The summed E-state index contributed by atoms with van der Waals surface area (Å²) in [5, 5.41) is 4.79. The summed E-state index contributed by atoms with van der Waals surface area (Å²) < 4.78 is 11.2. The van der Waals surface area contributed by atoms with E-state index in [1.165, 1.54) is 0 Å². The van der Waals surface area contributed by atoms with Gasteiger partial charge in [-0.2, -0.15) is 9.97 Å². The summed E-state index contributed by atoms with van der Waals surface area (Å²) in [5.41, 5.74) is 1.30. The fourth-order valence-electron chi connectivity index (χ4n) is 1.99. The van der Waals surface area contributed by atoms with Crippen molar-refractivity contribution in [3.63, 3.8) is 0 Å². The molecule has 0 bridgehead atoms. The third kappa shape index (κ3) is 2.22. The van der Waals surface area contributed by atoms with E-state index in [4.69, 9.17) is 9.26 Å². The van der Waals surface area contributed by atoms with Gasteiger partial charge in [0.05, 0.1) is 5.69 Å². The van der Waals surface area contributed by atoms with Crippen molar-refractivity contribution in [2.24, 2.45) is 0 Å². The lowest BCUT2D eigenvalue weighted by Crippen LogP contribution is -1.97. The summed E-state index contributed by atoms with van der Waals surface area (Å²) in [6, 6.07) is 9.56. The quantitative estimate of drug-likeness (QED) is 0.725. The van der Waals surface area contributed by atoms with E-state index in [1.807, 2.05) is 44.2 Å². The number of para-hydroxylation sites is 1. The summed E-state index contributed by atoms with van der Waals surface area (Å²) in [4.78, 5) is 8.81. The topological polar surface area (TPSA) is 61.0 Å². The van der Waals surface area contributed by atoms with Crippen molar-refractivity contribution < 1.29 is 9.26 Å². The Kier molecular flexibility index (Phi) is 3.33. The summed E-state index contributed by atoms with van der Waals surface area (Å²) >= 11 is 0. The van der Waals surface area contributed by atoms with Crippen molar-refractivity contribution in [1.82, 2.24) is 15.1 Å². The van der Waals surface area contributed by atoms with Gasteiger partial charge in [0.2, 0.25) is 5.88 Å². The Bertz CT molecular complexity index is 723. The molecule has 2 aromatic heterocycles. The van der Waals surface area contributed by atoms with Crippen molar-refractivity contribution in [3.8, 4) is 11.6 Å². The molecule has 0 unspecified atom stereocenters. The van der Waals surface area contributed by atoms with Gasteiger partial charge in [0.1, 0.15) is 17.0 Å². The molecule has 0 amide bonds. The normalized spacial score (nSPS) is 10.9. The Morgan fingerprint density at radius 3 is 2.55 bits per heavy atom. The van der Waals surface area contributed by atoms with Crippen molar-refractivity contribution in [1.29, 1.82) is 0 Å². The molecule has 5 heteroatoms. The highest BCUT2D eigenvalue weighted by Gasteiger charge is 2.17. The zero-order chi connectivity index (χ0) is 13.9. The fourth-order valence-corrected chi connectivity index (χ4v) is 1.99. The van der Waals surface area contributed by atoms with Gasteiger partial charge in [0.15, 0.2) is 0 Å². The van der Waals surface area contributed by atoms with Crippen LogP contribution < -0.4 is 4.74 Å². The molecule has 0 saturated heterocycles. The molecule has 0 aliphatic rings. The van der Waals surface area contributed by atoms with Crippen LogP contribution in [-0.2, 0) is 12.8 Å². The lowest BCUT2D eigenvalue weighted by atomic mass is 10.2. The minimum absolute atomic E-state index is 0.486. The Hall–Kier alpha value is -2.43. The molecule has 20 heavy (non-hydrogen) atoms. The van der Waals surface area contributed by atoms with Gasteiger partial charge >= 0.3 is 0 Å². The van der Waals surface area contributed by atoms with E-state index in [1.54, 1.807) is 0 Å². The van der Waals surface area contributed by atoms with Crippen LogP contribution in [0, 0.1) is 0 Å². The van der Waals surface area contributed by atoms with Gasteiger partial charge in [0, 0.05) is 6.42 Å². The first-order valence-corrected chi connectivity index (χ1v) is 6.69. The number of aryl methyl sites for hydroxylation is 2. The molecular weight excluding hydrogens is 254 g/mol. The number of fused-ring (bicyclic) bond motifs is 1. The highest BCUT2D eigenvalue weighted by molar-refractivity contribution is 5.81. The van der Waals surface area contributed by atoms with Gasteiger partial charge in [-0.3, -0.25) is 0 Å². The molecule has 0 atom stereocenters. The van der Waals surface area contributed by atoms with Crippen LogP contribution in [0.4, 0.5) is 0 Å². The largest absolute Gasteiger partial charge is 0.438 e. The number of nitrogens with zero attached hydrogens (tertiary/aromatic N) is 3. The first kappa shape index (κ1) is 12.6. The molecule has 0 fully saturated rings. The Balaban J connectivity index is 2.13. The van der Waals surface area contributed by atoms with Gasteiger partial charge < -0.3 is 9.26 Å². The van der Waals surface area contributed by atoms with E-state index in [9.17, 15) is 0 Å². The summed E-state index contributed by atoms with van der Waals surface area (Å²) in [6.07, 6.45) is 1.45. The number of aromatic nitrogens is 3. The third-order valence-corrected chi connectivity index (χ3v) is 3.03. The van der Waals surface area contributed by atoms with Crippen LogP contribution in [0.15, 0.2) is 34.9 Å². The van der Waals surface area contributed by atoms with Crippen molar-refractivity contribution in [3.05, 3.63) is 41.9 Å². The molecule has 0 N–H and O–H groups in total. The third-order valence-electron chi connectivity index (χ3n) is 3.03. The molecule has 2 heterocycles. The predicted molar refractivity (Wildman–Crippen MR) is 74.9 cm³/mol. The number of benzene rings is 1. The first-order valence-electron chi connectivity index (χ1n) is 6.69. The molecule has 5 nitrogen and oxygen atoms in total. The average Bonchev–Trinajstić information content (AvgIpc) is 2.91. The maximum Gasteiger partial charge on any atom is 0.265 e. The van der Waals surface area contributed by atoms with Crippen LogP contribution in [0.1, 0.15) is 25.4 Å². The molecule has 3 rings (SSSR count). The molecule has 102 valence electrons. The molecule has 0 radical (unpaired) electrons. The minimum atomic E-state index is 0.486. The minimum Gasteiger partial charge on any atom is -0.438 e. The van der Waals surface area contributed by atoms with Gasteiger partial charge in [-0.1, -0.05) is 37.2 Å². The summed E-state index contributed by atoms with van der Waals surface area (Å²) in [5.74, 6) is 1.93. The Morgan fingerprint density at radius 1 is 1.05 bits per heavy atom. The van der Waals surface area contributed by atoms with Crippen LogP contribution in [0.5, 0.6) is 11.6 Å². The first-order chi connectivity index (χ1) is 9.81. The Labute approximate surface area is 116 Å². The van der Waals surface area contributed by atoms with Crippen LogP contribution in [0.2, 0.25) is 0 Å². The van der Waals surface area contributed by atoms with Crippen LogP contribution >= 0.6 is 0 Å². The number of ether oxygens (including phenoxy) is 1. The second-order valence-corrected chi connectivity index (χ2v) is 4.38. The fraction of sp³-hybridized carbons (Fsp3) is 0.267. The van der Waals surface area contributed by atoms with Gasteiger partial charge in [-0.05, 0) is 18.6 Å². The summed E-state index contributed by atoms with van der Waals surface area (Å²) in [6.45, 7) is 4.00. The van der Waals surface area contributed by atoms with Gasteiger partial charge in [-0.25, -0.2) is 0 Å². The predicted octanol–water partition coefficient (Wildman–Crippen LogP) is 3.53. The maximum absolute atomic E-state index is 5.88. The van der Waals surface area contributed by atoms with Crippen molar-refractivity contribution >= 4 is 11.1 Å². The van der Waals surface area contributed by atoms with E-state index < -0.39 is 0 Å². The highest BCUT2D eigenvalue weighted by atomic mass is 16.5. The number of hydrogen-bond donors (Lipinski definition) is 0. The van der Waals surface area contributed by atoms with E-state index >= 15 is 0 Å². The van der Waals surface area contributed by atoms with Crippen LogP contribution in [0.3, 0.4) is 0 Å². The highest BCUT2D eigenvalue weighted by Crippen LogP contribution is 2.30. The van der Waals surface area contributed by atoms with E-state index in [2.05, 4.69) is 15.1 Å². The molecule has 0 saturated carbocycles. The molecule has 0 aliphatic carbocycles. The smallest absolute Gasteiger partial charge is 0.265 e. The lowest BCUT2D eigenvalue weighted by Gasteiger charge is -2.06. The zero-order valence-electron chi connectivity index (χ0n) is 11.5. The van der Waals surface area contributed by atoms with Gasteiger partial charge in [0.25, 0.3) is 5.71 Å². The maximum atomic E-state index is 5.88. The average molecular weight is 269 g/mol. The number of hydrogen-bond acceptors (Lipinski definition) is 5. The Morgan fingerprint density at radius 2 is 1.85 bits per heavy atom. The van der Waals surface area contributed by atoms with E-state index in [0.717, 1.165) is 23.3 Å². The zero-order valence-corrected chi connectivity index (χ0v) is 11.5. The number of rotatable bonds is 4. The molecule has 3 aromatic rings. The van der Waals surface area contributed by atoms with Crippen LogP contribution in [-0.4, -0.2) is 15.1 Å². The lowest BCUT2D eigenvalue weighted by molar-refractivity contribution is 0.436. The van der Waals surface area contributed by atoms with E-state index in [-0.39, 0.29) is 0 Å².